The lowest BCUT2D eigenvalue weighted by Crippen LogP contribution is -2.24. The quantitative estimate of drug-likeness (QED) is 0.0391. The minimum absolute atomic E-state index is 0.140. The Labute approximate surface area is 414 Å². The number of carbonyl (C=O) groups is 2. The molecule has 68 heavy (non-hydrogen) atoms. The number of ether oxygens (including phenoxy) is 4. The lowest BCUT2D eigenvalue weighted by Gasteiger charge is -2.14. The normalized spacial score (nSPS) is 11.8. The molecule has 0 unspecified atom stereocenters. The molecule has 0 saturated carbocycles. The summed E-state index contributed by atoms with van der Waals surface area (Å²) in [7, 11) is 0. The predicted molar refractivity (Wildman–Crippen MR) is 268 cm³/mol. The third-order valence-corrected chi connectivity index (χ3v) is 12.2. The molecule has 3 heterocycles. The maximum Gasteiger partial charge on any atom is 0.329 e. The molecule has 0 saturated heterocycles. The van der Waals surface area contributed by atoms with E-state index >= 15 is 0 Å². The standard InChI is InChI=1S/C52H74Cl2N8O6/c1-3-5-7-9-11-13-15-17-19-21-23-25-27-29-31-55-45(63)39-33-41-37-42(34-39)66-50-58-48(54)60-52(62-50)68-44-36-40(35-43(38-44)67-51-59-47(53)57-49(61-51)65-41)46(64)56-32-30-28-26-24-22-20-18-16-14-12-10-8-6-4-2/h33-38H,3-32H2,1-2H3,(H,55,63)(H,56,64). The van der Waals surface area contributed by atoms with Crippen LogP contribution in [0.5, 0.6) is 47.0 Å². The van der Waals surface area contributed by atoms with Gasteiger partial charge in [0.05, 0.1) is 0 Å². The molecule has 2 aromatic heterocycles. The minimum Gasteiger partial charge on any atom is -0.424 e. The fourth-order valence-corrected chi connectivity index (χ4v) is 8.41. The fraction of sp³-hybridized carbons (Fsp3) is 0.615. The highest BCUT2D eigenvalue weighted by Crippen LogP contribution is 2.34. The highest BCUT2D eigenvalue weighted by Gasteiger charge is 2.19. The van der Waals surface area contributed by atoms with Crippen molar-refractivity contribution in [1.82, 2.24) is 40.5 Å². The van der Waals surface area contributed by atoms with Crippen LogP contribution in [0, 0.1) is 0 Å². The molecule has 1 aliphatic heterocycles. The maximum absolute atomic E-state index is 13.5. The zero-order valence-electron chi connectivity index (χ0n) is 40.6. The third-order valence-electron chi connectivity index (χ3n) is 11.9. The number of rotatable bonds is 32. The van der Waals surface area contributed by atoms with E-state index in [1.807, 2.05) is 0 Å². The van der Waals surface area contributed by atoms with Gasteiger partial charge in [-0.2, -0.15) is 19.9 Å². The van der Waals surface area contributed by atoms with Crippen LogP contribution in [0.25, 0.3) is 0 Å². The monoisotopic (exact) mass is 977 g/mol. The molecular formula is C52H74Cl2N8O6. The smallest absolute Gasteiger partial charge is 0.329 e. The minimum atomic E-state index is -0.335. The summed E-state index contributed by atoms with van der Waals surface area (Å²) in [6.07, 6.45) is 35.1. The average Bonchev–Trinajstić information content (AvgIpc) is 3.30. The molecule has 2 amide bonds. The Morgan fingerprint density at radius 3 is 0.853 bits per heavy atom. The van der Waals surface area contributed by atoms with Crippen LogP contribution in [0.3, 0.4) is 0 Å². The van der Waals surface area contributed by atoms with E-state index in [1.165, 1.54) is 178 Å². The molecule has 0 atom stereocenters. The lowest BCUT2D eigenvalue weighted by atomic mass is 10.0. The Hall–Kier alpha value is -4.82. The van der Waals surface area contributed by atoms with E-state index in [1.54, 1.807) is 0 Å². The number of benzene rings is 2. The van der Waals surface area contributed by atoms with Crippen molar-refractivity contribution in [3.63, 3.8) is 0 Å². The number of hydrogen-bond donors (Lipinski definition) is 2. The predicted octanol–water partition coefficient (Wildman–Crippen LogP) is 15.3. The lowest BCUT2D eigenvalue weighted by molar-refractivity contribution is 0.0944. The van der Waals surface area contributed by atoms with Crippen molar-refractivity contribution in [2.24, 2.45) is 0 Å². The van der Waals surface area contributed by atoms with Crippen molar-refractivity contribution >= 4 is 35.0 Å². The number of fused-ring (bicyclic) bond motifs is 8. The van der Waals surface area contributed by atoms with Gasteiger partial charge < -0.3 is 29.6 Å². The number of halogens is 2. The van der Waals surface area contributed by atoms with Crippen LogP contribution in [-0.4, -0.2) is 54.8 Å². The van der Waals surface area contributed by atoms with Gasteiger partial charge >= 0.3 is 24.0 Å². The van der Waals surface area contributed by atoms with E-state index in [2.05, 4.69) is 54.4 Å². The molecule has 5 rings (SSSR count). The summed E-state index contributed by atoms with van der Waals surface area (Å²) in [6, 6.07) is 8.21. The average molecular weight is 978 g/mol. The Bertz CT molecular complexity index is 1880. The molecule has 16 heteroatoms. The molecule has 0 fully saturated rings. The van der Waals surface area contributed by atoms with Crippen LogP contribution in [0.1, 0.15) is 214 Å². The van der Waals surface area contributed by atoms with E-state index in [9.17, 15) is 9.59 Å². The Balaban J connectivity index is 1.15. The SMILES string of the molecule is CCCCCCCCCCCCCCCCNC(=O)c1cc2cc(c1)Oc1nc(Cl)nc(n1)Oc1cc(cc(C(=O)NCCCCCCCCCCCCCCCC)c1)Oc1nc(Cl)nc(n1)O2. The first-order chi connectivity index (χ1) is 33.3. The topological polar surface area (TPSA) is 172 Å². The molecule has 14 nitrogen and oxygen atoms in total. The first-order valence-electron chi connectivity index (χ1n) is 25.7. The molecule has 0 spiro atoms. The first kappa shape index (κ1) is 54.1. The molecular weight excluding hydrogens is 904 g/mol. The largest absolute Gasteiger partial charge is 0.424 e. The first-order valence-corrected chi connectivity index (χ1v) is 26.4. The van der Waals surface area contributed by atoms with Crippen LogP contribution >= 0.6 is 23.2 Å². The van der Waals surface area contributed by atoms with Gasteiger partial charge in [0.2, 0.25) is 10.6 Å². The van der Waals surface area contributed by atoms with Crippen LogP contribution < -0.4 is 29.6 Å². The number of carbonyl (C=O) groups excluding carboxylic acids is 2. The van der Waals surface area contributed by atoms with E-state index in [0.29, 0.717) is 13.1 Å². The van der Waals surface area contributed by atoms with Gasteiger partial charge in [0.15, 0.2) is 0 Å². The summed E-state index contributed by atoms with van der Waals surface area (Å²) in [4.78, 5) is 52.0. The van der Waals surface area contributed by atoms with Crippen LogP contribution in [0.2, 0.25) is 10.6 Å². The molecule has 0 radical (unpaired) electrons. The zero-order chi connectivity index (χ0) is 48.0. The molecule has 8 bridgehead atoms. The molecule has 0 aliphatic carbocycles. The van der Waals surface area contributed by atoms with Crippen molar-refractivity contribution in [3.05, 3.63) is 58.1 Å². The number of amides is 2. The van der Waals surface area contributed by atoms with Gasteiger partial charge in [0.25, 0.3) is 11.8 Å². The summed E-state index contributed by atoms with van der Waals surface area (Å²) in [5.41, 5.74) is 0.477. The van der Waals surface area contributed by atoms with Gasteiger partial charge in [-0.25, -0.2) is 0 Å². The third kappa shape index (κ3) is 21.6. The van der Waals surface area contributed by atoms with Gasteiger partial charge in [0, 0.05) is 36.3 Å². The van der Waals surface area contributed by atoms with Gasteiger partial charge in [-0.1, -0.05) is 181 Å². The number of unbranched alkanes of at least 4 members (excludes halogenated alkanes) is 26. The van der Waals surface area contributed by atoms with Crippen LogP contribution in [0.4, 0.5) is 0 Å². The Morgan fingerprint density at radius 1 is 0.368 bits per heavy atom. The number of nitrogens with one attached hydrogen (secondary N) is 2. The van der Waals surface area contributed by atoms with Crippen LogP contribution in [0.15, 0.2) is 36.4 Å². The number of nitrogens with zero attached hydrogens (tertiary/aromatic N) is 6. The highest BCUT2D eigenvalue weighted by atomic mass is 35.5. The molecule has 1 aliphatic rings. The van der Waals surface area contributed by atoms with Gasteiger partial charge in [-0.15, -0.1) is 9.97 Å². The second-order valence-corrected chi connectivity index (χ2v) is 18.5. The summed E-state index contributed by atoms with van der Waals surface area (Å²) >= 11 is 12.6. The van der Waals surface area contributed by atoms with E-state index in [4.69, 9.17) is 42.1 Å². The van der Waals surface area contributed by atoms with Crippen LogP contribution in [-0.2, 0) is 0 Å². The van der Waals surface area contributed by atoms with E-state index in [0.717, 1.165) is 38.5 Å². The molecule has 2 N–H and O–H groups in total. The molecule has 4 aromatic rings. The molecule has 2 aromatic carbocycles. The van der Waals surface area contributed by atoms with Crippen molar-refractivity contribution in [2.45, 2.75) is 194 Å². The van der Waals surface area contributed by atoms with Crippen molar-refractivity contribution in [2.75, 3.05) is 13.1 Å². The van der Waals surface area contributed by atoms with Gasteiger partial charge in [0.1, 0.15) is 23.0 Å². The summed E-state index contributed by atoms with van der Waals surface area (Å²) in [5.74, 6) is -0.112. The van der Waals surface area contributed by atoms with E-state index < -0.39 is 0 Å². The number of aromatic nitrogens is 6. The van der Waals surface area contributed by atoms with Crippen molar-refractivity contribution in [1.29, 1.82) is 0 Å². The van der Waals surface area contributed by atoms with Gasteiger partial charge in [-0.3, -0.25) is 9.59 Å². The Kier molecular flexibility index (Phi) is 25.5. The second kappa shape index (κ2) is 32.1. The Morgan fingerprint density at radius 2 is 0.603 bits per heavy atom. The maximum atomic E-state index is 13.5. The van der Waals surface area contributed by atoms with E-state index in [-0.39, 0.29) is 80.5 Å². The molecule has 372 valence electrons. The van der Waals surface area contributed by atoms with Gasteiger partial charge in [-0.05, 0) is 60.3 Å². The van der Waals surface area contributed by atoms with Crippen molar-refractivity contribution in [3.8, 4) is 47.0 Å². The van der Waals surface area contributed by atoms with Crippen molar-refractivity contribution < 1.29 is 28.5 Å². The second-order valence-electron chi connectivity index (χ2n) is 17.8. The highest BCUT2D eigenvalue weighted by molar-refractivity contribution is 6.28. The summed E-state index contributed by atoms with van der Waals surface area (Å²) < 4.78 is 24.1. The summed E-state index contributed by atoms with van der Waals surface area (Å²) in [5, 5.41) is 5.57. The zero-order valence-corrected chi connectivity index (χ0v) is 42.1. The number of hydrogen-bond acceptors (Lipinski definition) is 12. The fourth-order valence-electron chi connectivity index (χ4n) is 8.12. The summed E-state index contributed by atoms with van der Waals surface area (Å²) in [6.45, 7) is 5.53.